The number of nitrogens with zero attached hydrogens (tertiary/aromatic N) is 1. The maximum atomic E-state index is 12.2. The number of aromatic nitrogens is 1. The molecule has 0 aliphatic rings. The van der Waals surface area contributed by atoms with E-state index in [2.05, 4.69) is 10.3 Å². The maximum Gasteiger partial charge on any atom is 0.251 e. The van der Waals surface area contributed by atoms with Gasteiger partial charge in [0.05, 0.1) is 0 Å². The van der Waals surface area contributed by atoms with Crippen molar-refractivity contribution in [3.63, 3.8) is 0 Å². The largest absolute Gasteiger partial charge is 0.457 e. The smallest absolute Gasteiger partial charge is 0.251 e. The number of pyridine rings is 1. The summed E-state index contributed by atoms with van der Waals surface area (Å²) in [5, 5.41) is 11.7. The molecule has 116 valence electrons. The minimum Gasteiger partial charge on any atom is -0.457 e. The molecule has 0 fully saturated rings. The number of amides is 1. The molecular formula is C17H20N2O3. The van der Waals surface area contributed by atoms with Crippen LogP contribution in [0.5, 0.6) is 11.5 Å². The van der Waals surface area contributed by atoms with Crippen LogP contribution in [0.3, 0.4) is 0 Å². The Balaban J connectivity index is 2.14. The van der Waals surface area contributed by atoms with Gasteiger partial charge in [0.15, 0.2) is 0 Å². The van der Waals surface area contributed by atoms with Crippen molar-refractivity contribution in [1.29, 1.82) is 0 Å². The van der Waals surface area contributed by atoms with Gasteiger partial charge in [-0.1, -0.05) is 6.07 Å². The molecule has 1 aromatic heterocycles. The average molecular weight is 300 g/mol. The number of aryl methyl sites for hydroxylation is 1. The molecule has 5 nitrogen and oxygen atoms in total. The summed E-state index contributed by atoms with van der Waals surface area (Å²) in [4.78, 5) is 16.1. The second-order valence-electron chi connectivity index (χ2n) is 5.15. The molecule has 2 aromatic rings. The number of aliphatic hydroxyl groups excluding tert-OH is 1. The number of ether oxygens (including phenoxy) is 1. The second-order valence-corrected chi connectivity index (χ2v) is 5.15. The molecule has 1 amide bonds. The van der Waals surface area contributed by atoms with Gasteiger partial charge in [0, 0.05) is 30.6 Å². The Morgan fingerprint density at radius 3 is 2.73 bits per heavy atom. The van der Waals surface area contributed by atoms with Crippen LogP contribution >= 0.6 is 0 Å². The summed E-state index contributed by atoms with van der Waals surface area (Å²) in [6.45, 7) is 3.83. The highest BCUT2D eigenvalue weighted by Crippen LogP contribution is 2.25. The normalized spacial score (nSPS) is 11.8. The molecule has 1 unspecified atom stereocenters. The fourth-order valence-electron chi connectivity index (χ4n) is 1.96. The molecule has 0 saturated carbocycles. The van der Waals surface area contributed by atoms with E-state index in [0.717, 1.165) is 5.56 Å². The minimum absolute atomic E-state index is 0.0474. The predicted octanol–water partition coefficient (Wildman–Crippen LogP) is 2.68. The molecule has 2 N–H and O–H groups in total. The highest BCUT2D eigenvalue weighted by atomic mass is 16.5. The maximum absolute atomic E-state index is 12.2. The van der Waals surface area contributed by atoms with E-state index >= 15 is 0 Å². The number of benzene rings is 1. The van der Waals surface area contributed by atoms with Crippen molar-refractivity contribution in [2.24, 2.45) is 0 Å². The Morgan fingerprint density at radius 1 is 1.32 bits per heavy atom. The molecule has 0 saturated heterocycles. The minimum atomic E-state index is -0.180. The summed E-state index contributed by atoms with van der Waals surface area (Å²) in [6.07, 6.45) is 3.83. The predicted molar refractivity (Wildman–Crippen MR) is 84.1 cm³/mol. The number of aliphatic hydroxyl groups is 1. The molecule has 0 aliphatic heterocycles. The Morgan fingerprint density at radius 2 is 2.05 bits per heavy atom. The zero-order valence-electron chi connectivity index (χ0n) is 12.7. The van der Waals surface area contributed by atoms with Gasteiger partial charge in [-0.25, -0.2) is 0 Å². The van der Waals surface area contributed by atoms with Crippen LogP contribution in [0.4, 0.5) is 0 Å². The first-order valence-electron chi connectivity index (χ1n) is 7.20. The Labute approximate surface area is 130 Å². The van der Waals surface area contributed by atoms with Gasteiger partial charge in [-0.05, 0) is 50.1 Å². The summed E-state index contributed by atoms with van der Waals surface area (Å²) >= 11 is 0. The van der Waals surface area contributed by atoms with Crippen LogP contribution in [-0.2, 0) is 0 Å². The second kappa shape index (κ2) is 7.56. The van der Waals surface area contributed by atoms with E-state index in [4.69, 9.17) is 9.84 Å². The van der Waals surface area contributed by atoms with Gasteiger partial charge >= 0.3 is 0 Å². The van der Waals surface area contributed by atoms with Crippen molar-refractivity contribution in [3.05, 3.63) is 53.9 Å². The van der Waals surface area contributed by atoms with E-state index in [0.29, 0.717) is 23.5 Å². The van der Waals surface area contributed by atoms with Crippen LogP contribution in [-0.4, -0.2) is 28.6 Å². The third kappa shape index (κ3) is 4.30. The molecule has 22 heavy (non-hydrogen) atoms. The van der Waals surface area contributed by atoms with Crippen LogP contribution in [0, 0.1) is 6.92 Å². The fraction of sp³-hybridized carbons (Fsp3) is 0.294. The number of carbonyl (C=O) groups excluding carboxylic acids is 1. The van der Waals surface area contributed by atoms with Crippen LogP contribution in [0.2, 0.25) is 0 Å². The van der Waals surface area contributed by atoms with E-state index in [-0.39, 0.29) is 18.6 Å². The number of carbonyl (C=O) groups is 1. The van der Waals surface area contributed by atoms with E-state index in [1.165, 1.54) is 0 Å². The molecule has 1 heterocycles. The van der Waals surface area contributed by atoms with Crippen molar-refractivity contribution < 1.29 is 14.6 Å². The van der Waals surface area contributed by atoms with Gasteiger partial charge in [-0.15, -0.1) is 0 Å². The van der Waals surface area contributed by atoms with E-state index in [9.17, 15) is 4.79 Å². The third-order valence-corrected chi connectivity index (χ3v) is 3.27. The van der Waals surface area contributed by atoms with Gasteiger partial charge in [-0.2, -0.15) is 0 Å². The van der Waals surface area contributed by atoms with Gasteiger partial charge in [0.25, 0.3) is 5.91 Å². The molecule has 0 spiro atoms. The van der Waals surface area contributed by atoms with Gasteiger partial charge in [-0.3, -0.25) is 9.78 Å². The Kier molecular flexibility index (Phi) is 5.49. The van der Waals surface area contributed by atoms with E-state index in [1.807, 2.05) is 19.9 Å². The fourth-order valence-corrected chi connectivity index (χ4v) is 1.96. The SMILES string of the molecule is Cc1ccc(C(=O)NC(C)CCO)cc1Oc1ccncc1. The summed E-state index contributed by atoms with van der Waals surface area (Å²) in [6, 6.07) is 8.77. The molecule has 1 atom stereocenters. The number of hydrogen-bond donors (Lipinski definition) is 2. The molecular weight excluding hydrogens is 280 g/mol. The molecule has 0 radical (unpaired) electrons. The van der Waals surface area contributed by atoms with Gasteiger partial charge in [0.2, 0.25) is 0 Å². The number of hydrogen-bond acceptors (Lipinski definition) is 4. The molecule has 0 aliphatic carbocycles. The highest BCUT2D eigenvalue weighted by Gasteiger charge is 2.12. The van der Waals surface area contributed by atoms with Crippen LogP contribution in [0.1, 0.15) is 29.3 Å². The average Bonchev–Trinajstić information content (AvgIpc) is 2.50. The lowest BCUT2D eigenvalue weighted by atomic mass is 10.1. The topological polar surface area (TPSA) is 71.5 Å². The number of rotatable bonds is 6. The summed E-state index contributed by atoms with van der Waals surface area (Å²) in [5.74, 6) is 1.12. The van der Waals surface area contributed by atoms with Crippen molar-refractivity contribution in [2.45, 2.75) is 26.3 Å². The third-order valence-electron chi connectivity index (χ3n) is 3.27. The lowest BCUT2D eigenvalue weighted by Gasteiger charge is -2.14. The van der Waals surface area contributed by atoms with Gasteiger partial charge in [0.1, 0.15) is 11.5 Å². The zero-order chi connectivity index (χ0) is 15.9. The summed E-state index contributed by atoms with van der Waals surface area (Å²) in [5.41, 5.74) is 1.47. The van der Waals surface area contributed by atoms with E-state index < -0.39 is 0 Å². The van der Waals surface area contributed by atoms with Crippen LogP contribution in [0.25, 0.3) is 0 Å². The van der Waals surface area contributed by atoms with Crippen LogP contribution in [0.15, 0.2) is 42.7 Å². The standard InChI is InChI=1S/C17H20N2O3/c1-12-3-4-14(17(21)19-13(2)7-10-20)11-16(12)22-15-5-8-18-9-6-15/h3-6,8-9,11,13,20H,7,10H2,1-2H3,(H,19,21). The zero-order valence-corrected chi connectivity index (χ0v) is 12.7. The lowest BCUT2D eigenvalue weighted by Crippen LogP contribution is -2.33. The van der Waals surface area contributed by atoms with Gasteiger partial charge < -0.3 is 15.2 Å². The highest BCUT2D eigenvalue weighted by molar-refractivity contribution is 5.94. The summed E-state index contributed by atoms with van der Waals surface area (Å²) in [7, 11) is 0. The quantitative estimate of drug-likeness (QED) is 0.860. The molecule has 0 bridgehead atoms. The number of nitrogens with one attached hydrogen (secondary N) is 1. The Bertz CT molecular complexity index is 629. The molecule has 1 aromatic carbocycles. The monoisotopic (exact) mass is 300 g/mol. The van der Waals surface area contributed by atoms with E-state index in [1.54, 1.807) is 36.7 Å². The van der Waals surface area contributed by atoms with Crippen LogP contribution < -0.4 is 10.1 Å². The first-order valence-corrected chi connectivity index (χ1v) is 7.20. The summed E-state index contributed by atoms with van der Waals surface area (Å²) < 4.78 is 5.79. The van der Waals surface area contributed by atoms with Crippen molar-refractivity contribution in [3.8, 4) is 11.5 Å². The lowest BCUT2D eigenvalue weighted by molar-refractivity contribution is 0.0934. The van der Waals surface area contributed by atoms with Crippen molar-refractivity contribution in [1.82, 2.24) is 10.3 Å². The Hall–Kier alpha value is -2.40. The molecule has 5 heteroatoms. The molecule has 2 rings (SSSR count). The van der Waals surface area contributed by atoms with Crippen molar-refractivity contribution >= 4 is 5.91 Å². The first kappa shape index (κ1) is 16.0. The first-order chi connectivity index (χ1) is 10.6. The van der Waals surface area contributed by atoms with Crippen molar-refractivity contribution in [2.75, 3.05) is 6.61 Å².